The predicted molar refractivity (Wildman–Crippen MR) is 90.9 cm³/mol. The monoisotopic (exact) mass is 361 g/mol. The zero-order chi connectivity index (χ0) is 14.7. The van der Waals surface area contributed by atoms with Crippen LogP contribution in [0.3, 0.4) is 0 Å². The number of anilines is 1. The number of pyridine rings is 2. The summed E-state index contributed by atoms with van der Waals surface area (Å²) < 4.78 is 0.929. The van der Waals surface area contributed by atoms with Crippen LogP contribution < -0.4 is 5.32 Å². The molecule has 2 heterocycles. The minimum Gasteiger partial charge on any atom is -0.383 e. The average Bonchev–Trinajstić information content (AvgIpc) is 2.47. The SMILES string of the molecule is Clc1cccc(CCNc2ccnc3cc(Br)cnc23)c1. The van der Waals surface area contributed by atoms with Crippen molar-refractivity contribution in [3.8, 4) is 0 Å². The molecule has 0 bridgehead atoms. The molecule has 3 aromatic rings. The Morgan fingerprint density at radius 3 is 2.90 bits per heavy atom. The summed E-state index contributed by atoms with van der Waals surface area (Å²) in [4.78, 5) is 8.76. The van der Waals surface area contributed by atoms with Crippen LogP contribution in [0.15, 0.2) is 53.3 Å². The Balaban J connectivity index is 1.73. The van der Waals surface area contributed by atoms with Gasteiger partial charge < -0.3 is 5.32 Å². The zero-order valence-corrected chi connectivity index (χ0v) is 13.5. The Bertz CT molecular complexity index is 776. The second kappa shape index (κ2) is 6.41. The first-order valence-electron chi connectivity index (χ1n) is 6.61. The van der Waals surface area contributed by atoms with E-state index in [-0.39, 0.29) is 0 Å². The van der Waals surface area contributed by atoms with Gasteiger partial charge in [-0.25, -0.2) is 0 Å². The fourth-order valence-corrected chi connectivity index (χ4v) is 2.71. The number of nitrogens with zero attached hydrogens (tertiary/aromatic N) is 2. The minimum atomic E-state index is 0.772. The molecule has 21 heavy (non-hydrogen) atoms. The number of rotatable bonds is 4. The molecule has 0 aliphatic heterocycles. The summed E-state index contributed by atoms with van der Waals surface area (Å²) in [6, 6.07) is 11.8. The molecule has 0 fully saturated rings. The molecule has 0 saturated carbocycles. The van der Waals surface area contributed by atoms with Crippen LogP contribution in [-0.2, 0) is 6.42 Å². The number of halogens is 2. The molecule has 0 aliphatic rings. The average molecular weight is 363 g/mol. The first-order chi connectivity index (χ1) is 10.2. The Kier molecular flexibility index (Phi) is 4.36. The van der Waals surface area contributed by atoms with E-state index in [1.165, 1.54) is 5.56 Å². The molecule has 0 aliphatic carbocycles. The first-order valence-corrected chi connectivity index (χ1v) is 7.78. The number of hydrogen-bond donors (Lipinski definition) is 1. The van der Waals surface area contributed by atoms with Gasteiger partial charge in [0.15, 0.2) is 0 Å². The predicted octanol–water partition coefficient (Wildman–Crippen LogP) is 4.70. The molecule has 5 heteroatoms. The summed E-state index contributed by atoms with van der Waals surface area (Å²) in [5.74, 6) is 0. The molecular formula is C16H13BrClN3. The number of nitrogens with one attached hydrogen (secondary N) is 1. The zero-order valence-electron chi connectivity index (χ0n) is 11.2. The molecule has 0 radical (unpaired) electrons. The number of benzene rings is 1. The van der Waals surface area contributed by atoms with Crippen LogP contribution in [0.5, 0.6) is 0 Å². The first kappa shape index (κ1) is 14.3. The van der Waals surface area contributed by atoms with Crippen molar-refractivity contribution in [3.05, 3.63) is 63.9 Å². The number of aromatic nitrogens is 2. The number of hydrogen-bond acceptors (Lipinski definition) is 3. The molecule has 0 spiro atoms. The molecule has 0 amide bonds. The van der Waals surface area contributed by atoms with Crippen LogP contribution in [0.25, 0.3) is 11.0 Å². The molecule has 2 aromatic heterocycles. The second-order valence-electron chi connectivity index (χ2n) is 4.69. The fourth-order valence-electron chi connectivity index (χ4n) is 2.18. The molecule has 3 nitrogen and oxygen atoms in total. The summed E-state index contributed by atoms with van der Waals surface area (Å²) in [6.07, 6.45) is 4.48. The van der Waals surface area contributed by atoms with Gasteiger partial charge in [-0.05, 0) is 52.2 Å². The standard InChI is InChI=1S/C16H13BrClN3/c17-12-9-15-16(21-10-12)14(5-7-20-15)19-6-4-11-2-1-3-13(18)8-11/h1-3,5,7-10H,4,6H2,(H,19,20). The van der Waals surface area contributed by atoms with Crippen molar-refractivity contribution in [2.24, 2.45) is 0 Å². The van der Waals surface area contributed by atoms with Crippen LogP contribution >= 0.6 is 27.5 Å². The van der Waals surface area contributed by atoms with Crippen molar-refractivity contribution in [1.82, 2.24) is 9.97 Å². The van der Waals surface area contributed by atoms with Crippen LogP contribution in [0.4, 0.5) is 5.69 Å². The van der Waals surface area contributed by atoms with Crippen LogP contribution in [0.1, 0.15) is 5.56 Å². The molecule has 0 saturated heterocycles. The molecule has 1 N–H and O–H groups in total. The third-order valence-corrected chi connectivity index (χ3v) is 3.83. The van der Waals surface area contributed by atoms with E-state index in [0.29, 0.717) is 0 Å². The van der Waals surface area contributed by atoms with Crippen molar-refractivity contribution in [3.63, 3.8) is 0 Å². The van der Waals surface area contributed by atoms with Gasteiger partial charge in [-0.3, -0.25) is 9.97 Å². The Morgan fingerprint density at radius 1 is 1.14 bits per heavy atom. The molecule has 0 unspecified atom stereocenters. The van der Waals surface area contributed by atoms with Gasteiger partial charge in [0.1, 0.15) is 5.52 Å². The lowest BCUT2D eigenvalue weighted by Gasteiger charge is -2.09. The van der Waals surface area contributed by atoms with Gasteiger partial charge in [-0.15, -0.1) is 0 Å². The quantitative estimate of drug-likeness (QED) is 0.731. The molecule has 3 rings (SSSR count). The van der Waals surface area contributed by atoms with E-state index in [1.54, 1.807) is 12.4 Å². The molecular weight excluding hydrogens is 350 g/mol. The van der Waals surface area contributed by atoms with E-state index >= 15 is 0 Å². The van der Waals surface area contributed by atoms with E-state index < -0.39 is 0 Å². The highest BCUT2D eigenvalue weighted by Gasteiger charge is 2.03. The summed E-state index contributed by atoms with van der Waals surface area (Å²) in [7, 11) is 0. The smallest absolute Gasteiger partial charge is 0.112 e. The lowest BCUT2D eigenvalue weighted by Crippen LogP contribution is -2.06. The van der Waals surface area contributed by atoms with Gasteiger partial charge >= 0.3 is 0 Å². The van der Waals surface area contributed by atoms with Gasteiger partial charge in [0.05, 0.1) is 11.2 Å². The van der Waals surface area contributed by atoms with E-state index in [2.05, 4.69) is 37.3 Å². The van der Waals surface area contributed by atoms with Crippen LogP contribution in [0.2, 0.25) is 5.02 Å². The lowest BCUT2D eigenvalue weighted by atomic mass is 10.1. The summed E-state index contributed by atoms with van der Waals surface area (Å²) in [6.45, 7) is 0.817. The summed E-state index contributed by atoms with van der Waals surface area (Å²) >= 11 is 9.40. The van der Waals surface area contributed by atoms with Crippen molar-refractivity contribution in [2.75, 3.05) is 11.9 Å². The van der Waals surface area contributed by atoms with Crippen LogP contribution in [0, 0.1) is 0 Å². The highest BCUT2D eigenvalue weighted by Crippen LogP contribution is 2.22. The Morgan fingerprint density at radius 2 is 2.05 bits per heavy atom. The van der Waals surface area contributed by atoms with E-state index in [1.807, 2.05) is 30.3 Å². The largest absolute Gasteiger partial charge is 0.383 e. The maximum absolute atomic E-state index is 5.99. The third-order valence-electron chi connectivity index (χ3n) is 3.16. The van der Waals surface area contributed by atoms with Crippen LogP contribution in [-0.4, -0.2) is 16.5 Å². The van der Waals surface area contributed by atoms with Crippen molar-refractivity contribution >= 4 is 44.3 Å². The Hall–Kier alpha value is -1.65. The fraction of sp³-hybridized carbons (Fsp3) is 0.125. The highest BCUT2D eigenvalue weighted by atomic mass is 79.9. The van der Waals surface area contributed by atoms with Gasteiger partial charge in [0.25, 0.3) is 0 Å². The number of fused-ring (bicyclic) bond motifs is 1. The van der Waals surface area contributed by atoms with Crippen molar-refractivity contribution in [2.45, 2.75) is 6.42 Å². The van der Waals surface area contributed by atoms with Crippen molar-refractivity contribution in [1.29, 1.82) is 0 Å². The highest BCUT2D eigenvalue weighted by molar-refractivity contribution is 9.10. The van der Waals surface area contributed by atoms with Gasteiger partial charge in [-0.2, -0.15) is 0 Å². The maximum atomic E-state index is 5.99. The topological polar surface area (TPSA) is 37.8 Å². The Labute approximate surface area is 136 Å². The molecule has 106 valence electrons. The van der Waals surface area contributed by atoms with E-state index in [0.717, 1.165) is 39.2 Å². The molecule has 0 atom stereocenters. The summed E-state index contributed by atoms with van der Waals surface area (Å²) in [5.41, 5.74) is 3.96. The van der Waals surface area contributed by atoms with Gasteiger partial charge in [-0.1, -0.05) is 23.7 Å². The van der Waals surface area contributed by atoms with E-state index in [9.17, 15) is 0 Å². The summed E-state index contributed by atoms with van der Waals surface area (Å²) in [5, 5.41) is 4.19. The third kappa shape index (κ3) is 3.52. The normalized spacial score (nSPS) is 10.8. The molecule has 1 aromatic carbocycles. The lowest BCUT2D eigenvalue weighted by molar-refractivity contribution is 1.02. The van der Waals surface area contributed by atoms with Gasteiger partial charge in [0.2, 0.25) is 0 Å². The maximum Gasteiger partial charge on any atom is 0.112 e. The van der Waals surface area contributed by atoms with E-state index in [4.69, 9.17) is 11.6 Å². The second-order valence-corrected chi connectivity index (χ2v) is 6.04. The minimum absolute atomic E-state index is 0.772. The van der Waals surface area contributed by atoms with Crippen molar-refractivity contribution < 1.29 is 0 Å². The van der Waals surface area contributed by atoms with Gasteiger partial charge in [0, 0.05) is 28.4 Å².